The van der Waals surface area contributed by atoms with Crippen molar-refractivity contribution in [3.63, 3.8) is 0 Å². The van der Waals surface area contributed by atoms with Crippen LogP contribution in [0.25, 0.3) is 0 Å². The number of nitrogens with zero attached hydrogens (tertiary/aromatic N) is 1. The zero-order valence-electron chi connectivity index (χ0n) is 9.41. The summed E-state index contributed by atoms with van der Waals surface area (Å²) >= 11 is 0. The Hall–Kier alpha value is -0.890. The molecule has 0 bridgehead atoms. The Morgan fingerprint density at radius 3 is 2.29 bits per heavy atom. The molecule has 0 radical (unpaired) electrons. The highest BCUT2D eigenvalue weighted by atomic mass is 16.3. The first kappa shape index (κ1) is 11.2. The van der Waals surface area contributed by atoms with Gasteiger partial charge in [-0.1, -0.05) is 26.8 Å². The SMILES string of the molecule is CC(C)(C)C(C)(O)Cc1ccccn1. The summed E-state index contributed by atoms with van der Waals surface area (Å²) in [7, 11) is 0. The lowest BCUT2D eigenvalue weighted by Crippen LogP contribution is -2.41. The summed E-state index contributed by atoms with van der Waals surface area (Å²) in [6.45, 7) is 7.98. The largest absolute Gasteiger partial charge is 0.389 e. The highest BCUT2D eigenvalue weighted by Crippen LogP contribution is 2.32. The summed E-state index contributed by atoms with van der Waals surface area (Å²) in [6, 6.07) is 5.77. The third kappa shape index (κ3) is 2.55. The van der Waals surface area contributed by atoms with Crippen LogP contribution in [-0.4, -0.2) is 15.7 Å². The highest BCUT2D eigenvalue weighted by Gasteiger charge is 2.35. The number of hydrogen-bond acceptors (Lipinski definition) is 2. The second-order valence-corrected chi connectivity index (χ2v) is 5.02. The van der Waals surface area contributed by atoms with E-state index in [2.05, 4.69) is 4.98 Å². The van der Waals surface area contributed by atoms with Crippen molar-refractivity contribution in [3.8, 4) is 0 Å². The molecule has 0 aliphatic carbocycles. The van der Waals surface area contributed by atoms with Gasteiger partial charge in [0.2, 0.25) is 0 Å². The average molecular weight is 193 g/mol. The Kier molecular flexibility index (Phi) is 2.95. The van der Waals surface area contributed by atoms with E-state index < -0.39 is 5.60 Å². The van der Waals surface area contributed by atoms with Crippen LogP contribution in [0.15, 0.2) is 24.4 Å². The first-order valence-corrected chi connectivity index (χ1v) is 4.95. The van der Waals surface area contributed by atoms with Crippen LogP contribution in [0.4, 0.5) is 0 Å². The van der Waals surface area contributed by atoms with Crippen LogP contribution in [0.5, 0.6) is 0 Å². The first-order chi connectivity index (χ1) is 6.33. The zero-order valence-corrected chi connectivity index (χ0v) is 9.41. The minimum absolute atomic E-state index is 0.134. The molecule has 0 spiro atoms. The van der Waals surface area contributed by atoms with Gasteiger partial charge in [0.25, 0.3) is 0 Å². The third-order valence-electron chi connectivity index (χ3n) is 2.87. The van der Waals surface area contributed by atoms with Gasteiger partial charge in [0.15, 0.2) is 0 Å². The van der Waals surface area contributed by atoms with Crippen molar-refractivity contribution in [3.05, 3.63) is 30.1 Å². The van der Waals surface area contributed by atoms with Gasteiger partial charge in [0.05, 0.1) is 5.60 Å². The molecule has 1 unspecified atom stereocenters. The van der Waals surface area contributed by atoms with Crippen LogP contribution in [0.3, 0.4) is 0 Å². The van der Waals surface area contributed by atoms with E-state index in [-0.39, 0.29) is 5.41 Å². The normalized spacial score (nSPS) is 16.4. The van der Waals surface area contributed by atoms with Crippen molar-refractivity contribution in [2.75, 3.05) is 0 Å². The lowest BCUT2D eigenvalue weighted by atomic mass is 9.75. The molecule has 78 valence electrons. The molecule has 14 heavy (non-hydrogen) atoms. The van der Waals surface area contributed by atoms with Crippen molar-refractivity contribution >= 4 is 0 Å². The summed E-state index contributed by atoms with van der Waals surface area (Å²) in [6.07, 6.45) is 2.35. The highest BCUT2D eigenvalue weighted by molar-refractivity contribution is 5.08. The van der Waals surface area contributed by atoms with E-state index >= 15 is 0 Å². The van der Waals surface area contributed by atoms with Gasteiger partial charge in [0, 0.05) is 18.3 Å². The Morgan fingerprint density at radius 2 is 1.86 bits per heavy atom. The number of rotatable bonds is 2. The molecule has 2 heteroatoms. The molecular weight excluding hydrogens is 174 g/mol. The monoisotopic (exact) mass is 193 g/mol. The molecule has 1 aromatic heterocycles. The molecule has 1 heterocycles. The summed E-state index contributed by atoms with van der Waals surface area (Å²) in [4.78, 5) is 4.22. The smallest absolute Gasteiger partial charge is 0.0722 e. The van der Waals surface area contributed by atoms with Crippen molar-refractivity contribution in [2.45, 2.75) is 39.7 Å². The molecule has 0 aromatic carbocycles. The standard InChI is InChI=1S/C12H19NO/c1-11(2,3)12(4,14)9-10-7-5-6-8-13-10/h5-8,14H,9H2,1-4H3. The van der Waals surface area contributed by atoms with Crippen LogP contribution in [-0.2, 0) is 6.42 Å². The fourth-order valence-corrected chi connectivity index (χ4v) is 1.12. The zero-order chi connectivity index (χ0) is 10.8. The minimum atomic E-state index is -0.721. The molecule has 2 nitrogen and oxygen atoms in total. The van der Waals surface area contributed by atoms with Gasteiger partial charge in [-0.25, -0.2) is 0 Å². The van der Waals surface area contributed by atoms with Gasteiger partial charge < -0.3 is 5.11 Å². The molecule has 0 saturated heterocycles. The predicted molar refractivity (Wildman–Crippen MR) is 58.0 cm³/mol. The molecule has 0 amide bonds. The van der Waals surface area contributed by atoms with Gasteiger partial charge in [-0.15, -0.1) is 0 Å². The molecule has 0 aliphatic heterocycles. The fraction of sp³-hybridized carbons (Fsp3) is 0.583. The fourth-order valence-electron chi connectivity index (χ4n) is 1.12. The molecule has 0 fully saturated rings. The van der Waals surface area contributed by atoms with E-state index in [1.807, 2.05) is 45.9 Å². The Balaban J connectivity index is 2.79. The Labute approximate surface area is 86.0 Å². The Bertz CT molecular complexity index is 285. The maximum absolute atomic E-state index is 10.3. The molecule has 0 aliphatic rings. The quantitative estimate of drug-likeness (QED) is 0.782. The van der Waals surface area contributed by atoms with Crippen molar-refractivity contribution in [2.24, 2.45) is 5.41 Å². The molecule has 0 saturated carbocycles. The van der Waals surface area contributed by atoms with Gasteiger partial charge in [-0.2, -0.15) is 0 Å². The number of hydrogen-bond donors (Lipinski definition) is 1. The molecule has 1 aromatic rings. The van der Waals surface area contributed by atoms with E-state index in [9.17, 15) is 5.11 Å². The van der Waals surface area contributed by atoms with Gasteiger partial charge in [-0.3, -0.25) is 4.98 Å². The maximum atomic E-state index is 10.3. The second-order valence-electron chi connectivity index (χ2n) is 5.02. The van der Waals surface area contributed by atoms with Gasteiger partial charge in [-0.05, 0) is 24.5 Å². The average Bonchev–Trinajstić information content (AvgIpc) is 2.03. The summed E-state index contributed by atoms with van der Waals surface area (Å²) in [5.74, 6) is 0. The van der Waals surface area contributed by atoms with E-state index in [1.165, 1.54) is 0 Å². The minimum Gasteiger partial charge on any atom is -0.389 e. The van der Waals surface area contributed by atoms with Crippen LogP contribution in [0, 0.1) is 5.41 Å². The molecule has 1 atom stereocenters. The molecular formula is C12H19NO. The second kappa shape index (κ2) is 3.70. The maximum Gasteiger partial charge on any atom is 0.0722 e. The van der Waals surface area contributed by atoms with Crippen molar-refractivity contribution in [1.82, 2.24) is 4.98 Å². The van der Waals surface area contributed by atoms with Gasteiger partial charge >= 0.3 is 0 Å². The van der Waals surface area contributed by atoms with E-state index in [0.29, 0.717) is 6.42 Å². The molecule has 1 N–H and O–H groups in total. The summed E-state index contributed by atoms with van der Waals surface area (Å²) in [5, 5.41) is 10.3. The van der Waals surface area contributed by atoms with E-state index in [1.54, 1.807) is 6.20 Å². The first-order valence-electron chi connectivity index (χ1n) is 4.95. The number of pyridine rings is 1. The lowest BCUT2D eigenvalue weighted by molar-refractivity contribution is -0.0412. The predicted octanol–water partition coefficient (Wildman–Crippen LogP) is 2.42. The van der Waals surface area contributed by atoms with Crippen LogP contribution in [0.1, 0.15) is 33.4 Å². The number of aromatic nitrogens is 1. The van der Waals surface area contributed by atoms with Crippen molar-refractivity contribution < 1.29 is 5.11 Å². The van der Waals surface area contributed by atoms with E-state index in [4.69, 9.17) is 0 Å². The van der Waals surface area contributed by atoms with E-state index in [0.717, 1.165) is 5.69 Å². The van der Waals surface area contributed by atoms with Crippen LogP contribution in [0.2, 0.25) is 0 Å². The van der Waals surface area contributed by atoms with Crippen LogP contribution < -0.4 is 0 Å². The molecule has 1 rings (SSSR count). The topological polar surface area (TPSA) is 33.1 Å². The summed E-state index contributed by atoms with van der Waals surface area (Å²) < 4.78 is 0. The third-order valence-corrected chi connectivity index (χ3v) is 2.87. The number of aliphatic hydroxyl groups is 1. The lowest BCUT2D eigenvalue weighted by Gasteiger charge is -2.36. The Morgan fingerprint density at radius 1 is 1.21 bits per heavy atom. The van der Waals surface area contributed by atoms with Crippen LogP contribution >= 0.6 is 0 Å². The van der Waals surface area contributed by atoms with Crippen molar-refractivity contribution in [1.29, 1.82) is 0 Å². The summed E-state index contributed by atoms with van der Waals surface area (Å²) in [5.41, 5.74) is 0.0821. The van der Waals surface area contributed by atoms with Gasteiger partial charge in [0.1, 0.15) is 0 Å².